The molecule has 1 aliphatic heterocycles. The van der Waals surface area contributed by atoms with Crippen molar-refractivity contribution in [3.63, 3.8) is 0 Å². The molecule has 0 spiro atoms. The Balaban J connectivity index is 1.99. The van der Waals surface area contributed by atoms with Crippen molar-refractivity contribution in [1.82, 2.24) is 9.55 Å². The lowest BCUT2D eigenvalue weighted by atomic mass is 9.90. The van der Waals surface area contributed by atoms with Gasteiger partial charge in [-0.2, -0.15) is 0 Å². The third kappa shape index (κ3) is 2.54. The molecule has 2 aromatic carbocycles. The van der Waals surface area contributed by atoms with Gasteiger partial charge in [0.2, 0.25) is 11.9 Å². The number of aromatic nitrogens is 2. The van der Waals surface area contributed by atoms with Crippen LogP contribution in [0, 0.1) is 5.92 Å². The van der Waals surface area contributed by atoms with Gasteiger partial charge in [0.15, 0.2) is 5.92 Å². The van der Waals surface area contributed by atoms with Gasteiger partial charge >= 0.3 is 5.97 Å². The van der Waals surface area contributed by atoms with E-state index in [0.717, 1.165) is 11.0 Å². The number of nitrogens with one attached hydrogen (secondary N) is 1. The molecular formula is C19H16ClN3O3. The minimum atomic E-state index is -1.06. The van der Waals surface area contributed by atoms with Gasteiger partial charge in [0.25, 0.3) is 0 Å². The van der Waals surface area contributed by atoms with Gasteiger partial charge < -0.3 is 9.30 Å². The molecule has 6 nitrogen and oxygen atoms in total. The van der Waals surface area contributed by atoms with E-state index in [1.165, 1.54) is 0 Å². The predicted octanol–water partition coefficient (Wildman–Crippen LogP) is 3.41. The maximum absolute atomic E-state index is 12.7. The Morgan fingerprint density at radius 3 is 2.73 bits per heavy atom. The van der Waals surface area contributed by atoms with Gasteiger partial charge in [-0.3, -0.25) is 14.9 Å². The van der Waals surface area contributed by atoms with Crippen molar-refractivity contribution in [1.29, 1.82) is 0 Å². The Kier molecular flexibility index (Phi) is 4.12. The number of para-hydroxylation sites is 2. The first kappa shape index (κ1) is 16.6. The Morgan fingerprint density at radius 2 is 1.96 bits per heavy atom. The Labute approximate surface area is 154 Å². The van der Waals surface area contributed by atoms with Crippen LogP contribution in [0.25, 0.3) is 11.0 Å². The van der Waals surface area contributed by atoms with Crippen LogP contribution < -0.4 is 5.32 Å². The van der Waals surface area contributed by atoms with Crippen LogP contribution >= 0.6 is 11.6 Å². The molecule has 3 aromatic rings. The first-order chi connectivity index (χ1) is 12.6. The highest BCUT2D eigenvalue weighted by Crippen LogP contribution is 2.40. The van der Waals surface area contributed by atoms with Gasteiger partial charge in [0, 0.05) is 5.02 Å². The van der Waals surface area contributed by atoms with Gasteiger partial charge in [-0.25, -0.2) is 4.98 Å². The van der Waals surface area contributed by atoms with Crippen LogP contribution in [0.5, 0.6) is 0 Å². The zero-order chi connectivity index (χ0) is 18.3. The summed E-state index contributed by atoms with van der Waals surface area (Å²) in [6.45, 7) is 1.90. The van der Waals surface area contributed by atoms with E-state index in [9.17, 15) is 9.59 Å². The van der Waals surface area contributed by atoms with Crippen LogP contribution in [0.4, 0.5) is 5.95 Å². The number of carbonyl (C=O) groups excluding carboxylic acids is 2. The lowest BCUT2D eigenvalue weighted by Gasteiger charge is -2.32. The lowest BCUT2D eigenvalue weighted by molar-refractivity contribution is -0.152. The molecule has 1 N–H and O–H groups in total. The summed E-state index contributed by atoms with van der Waals surface area (Å²) < 4.78 is 7.02. The van der Waals surface area contributed by atoms with Gasteiger partial charge in [0.05, 0.1) is 23.7 Å². The summed E-state index contributed by atoms with van der Waals surface area (Å²) in [7, 11) is 0. The fraction of sp³-hybridized carbons (Fsp3) is 0.211. The van der Waals surface area contributed by atoms with E-state index < -0.39 is 23.8 Å². The lowest BCUT2D eigenvalue weighted by Crippen LogP contribution is -2.43. The molecule has 1 amide bonds. The number of hydrogen-bond donors (Lipinski definition) is 1. The number of nitrogens with zero attached hydrogens (tertiary/aromatic N) is 2. The van der Waals surface area contributed by atoms with Gasteiger partial charge in [-0.1, -0.05) is 41.9 Å². The molecule has 7 heteroatoms. The molecule has 1 aliphatic rings. The number of esters is 1. The molecule has 132 valence electrons. The zero-order valence-electron chi connectivity index (χ0n) is 14.0. The minimum Gasteiger partial charge on any atom is -0.465 e. The highest BCUT2D eigenvalue weighted by atomic mass is 35.5. The summed E-state index contributed by atoms with van der Waals surface area (Å²) in [4.78, 5) is 29.8. The number of carbonyl (C=O) groups is 2. The van der Waals surface area contributed by atoms with Crippen LogP contribution in [0.15, 0.2) is 48.5 Å². The number of anilines is 1. The molecule has 0 saturated carbocycles. The molecule has 2 atom stereocenters. The second kappa shape index (κ2) is 6.46. The molecule has 0 unspecified atom stereocenters. The van der Waals surface area contributed by atoms with Crippen LogP contribution in [0.2, 0.25) is 5.02 Å². The number of halogens is 1. The van der Waals surface area contributed by atoms with Crippen molar-refractivity contribution in [2.24, 2.45) is 5.92 Å². The van der Waals surface area contributed by atoms with E-state index in [-0.39, 0.29) is 6.61 Å². The fourth-order valence-corrected chi connectivity index (χ4v) is 3.64. The molecule has 0 radical (unpaired) electrons. The largest absolute Gasteiger partial charge is 0.465 e. The Morgan fingerprint density at radius 1 is 1.23 bits per heavy atom. The number of amides is 1. The standard InChI is InChI=1S/C19H16ClN3O3/c1-2-26-18(25)15-16(11-7-3-4-8-12(11)20)23-14-10-6-5-9-13(14)21-19(23)22-17(15)24/h3-10,15-16H,2H2,1H3,(H,21,22,24)/t15-,16+/m1/s1. The summed E-state index contributed by atoms with van der Waals surface area (Å²) >= 11 is 6.42. The summed E-state index contributed by atoms with van der Waals surface area (Å²) in [6.07, 6.45) is 0. The van der Waals surface area contributed by atoms with Crippen molar-refractivity contribution in [3.8, 4) is 0 Å². The number of fused-ring (bicyclic) bond motifs is 3. The first-order valence-electron chi connectivity index (χ1n) is 8.30. The first-order valence-corrected chi connectivity index (χ1v) is 8.68. The van der Waals surface area contributed by atoms with Crippen LogP contribution in [-0.2, 0) is 14.3 Å². The Hall–Kier alpha value is -2.86. The Bertz CT molecular complexity index is 1010. The molecule has 0 aliphatic carbocycles. The summed E-state index contributed by atoms with van der Waals surface area (Å²) in [6, 6.07) is 14.1. The average Bonchev–Trinajstić information content (AvgIpc) is 2.99. The van der Waals surface area contributed by atoms with E-state index in [2.05, 4.69) is 10.3 Å². The molecule has 0 bridgehead atoms. The molecule has 0 fully saturated rings. The number of ether oxygens (including phenoxy) is 1. The number of imidazole rings is 1. The summed E-state index contributed by atoms with van der Waals surface area (Å²) in [5.74, 6) is -1.70. The van der Waals surface area contributed by atoms with Crippen molar-refractivity contribution in [2.75, 3.05) is 11.9 Å². The predicted molar refractivity (Wildman–Crippen MR) is 98.1 cm³/mol. The van der Waals surface area contributed by atoms with Crippen LogP contribution in [-0.4, -0.2) is 28.0 Å². The van der Waals surface area contributed by atoms with Crippen molar-refractivity contribution in [2.45, 2.75) is 13.0 Å². The molecule has 26 heavy (non-hydrogen) atoms. The van der Waals surface area contributed by atoms with Crippen LogP contribution in [0.3, 0.4) is 0 Å². The van der Waals surface area contributed by atoms with Crippen molar-refractivity contribution in [3.05, 3.63) is 59.1 Å². The minimum absolute atomic E-state index is 0.190. The molecule has 1 aromatic heterocycles. The normalized spacial score (nSPS) is 19.1. The second-order valence-corrected chi connectivity index (χ2v) is 6.39. The van der Waals surface area contributed by atoms with E-state index in [1.54, 1.807) is 19.1 Å². The van der Waals surface area contributed by atoms with Gasteiger partial charge in [-0.15, -0.1) is 0 Å². The maximum Gasteiger partial charge on any atom is 0.321 e. The van der Waals surface area contributed by atoms with Gasteiger partial charge in [0.1, 0.15) is 0 Å². The summed E-state index contributed by atoms with van der Waals surface area (Å²) in [5, 5.41) is 3.20. The fourth-order valence-electron chi connectivity index (χ4n) is 3.40. The van der Waals surface area contributed by atoms with E-state index in [1.807, 2.05) is 41.0 Å². The SMILES string of the molecule is CCOC(=O)[C@H]1C(=O)Nc2nc3ccccc3n2[C@H]1c1ccccc1Cl. The quantitative estimate of drug-likeness (QED) is 0.567. The number of rotatable bonds is 3. The van der Waals surface area contributed by atoms with E-state index in [0.29, 0.717) is 16.5 Å². The highest BCUT2D eigenvalue weighted by Gasteiger charge is 2.44. The van der Waals surface area contributed by atoms with Crippen LogP contribution in [0.1, 0.15) is 18.5 Å². The van der Waals surface area contributed by atoms with Crippen molar-refractivity contribution >= 4 is 40.5 Å². The maximum atomic E-state index is 12.7. The third-order valence-corrected chi connectivity index (χ3v) is 4.82. The van der Waals surface area contributed by atoms with E-state index >= 15 is 0 Å². The molecular weight excluding hydrogens is 354 g/mol. The number of hydrogen-bond acceptors (Lipinski definition) is 4. The zero-order valence-corrected chi connectivity index (χ0v) is 14.7. The second-order valence-electron chi connectivity index (χ2n) is 5.98. The van der Waals surface area contributed by atoms with Gasteiger partial charge in [-0.05, 0) is 30.7 Å². The molecule has 2 heterocycles. The van der Waals surface area contributed by atoms with Crippen molar-refractivity contribution < 1.29 is 14.3 Å². The molecule has 0 saturated heterocycles. The van der Waals surface area contributed by atoms with E-state index in [4.69, 9.17) is 16.3 Å². The smallest absolute Gasteiger partial charge is 0.321 e. The monoisotopic (exact) mass is 369 g/mol. The summed E-state index contributed by atoms with van der Waals surface area (Å²) in [5.41, 5.74) is 2.21. The third-order valence-electron chi connectivity index (χ3n) is 4.47. The number of benzene rings is 2. The highest BCUT2D eigenvalue weighted by molar-refractivity contribution is 6.31. The topological polar surface area (TPSA) is 73.2 Å². The molecule has 4 rings (SSSR count). The average molecular weight is 370 g/mol.